The van der Waals surface area contributed by atoms with Gasteiger partial charge in [0.25, 0.3) is 0 Å². The van der Waals surface area contributed by atoms with E-state index in [9.17, 15) is 4.79 Å². The summed E-state index contributed by atoms with van der Waals surface area (Å²) >= 11 is 5.99. The first-order valence-corrected chi connectivity index (χ1v) is 9.13. The van der Waals surface area contributed by atoms with Gasteiger partial charge in [0.15, 0.2) is 11.5 Å². The Hall–Kier alpha value is -2.98. The van der Waals surface area contributed by atoms with Crippen molar-refractivity contribution in [2.24, 2.45) is 0 Å². The van der Waals surface area contributed by atoms with Crippen molar-refractivity contribution in [1.29, 1.82) is 0 Å². The maximum atomic E-state index is 13.4. The van der Waals surface area contributed by atoms with Gasteiger partial charge in [-0.05, 0) is 47.0 Å². The van der Waals surface area contributed by atoms with Crippen LogP contribution in [0.15, 0.2) is 66.7 Å². The molecule has 2 heterocycles. The highest BCUT2D eigenvalue weighted by Crippen LogP contribution is 2.44. The summed E-state index contributed by atoms with van der Waals surface area (Å²) in [7, 11) is 0. The number of benzene rings is 3. The van der Waals surface area contributed by atoms with Crippen LogP contribution < -0.4 is 14.4 Å². The molecule has 3 aromatic carbocycles. The molecule has 1 amide bonds. The van der Waals surface area contributed by atoms with Gasteiger partial charge in [0.2, 0.25) is 12.7 Å². The first kappa shape index (κ1) is 16.2. The normalized spacial score (nSPS) is 17.3. The van der Waals surface area contributed by atoms with E-state index in [1.807, 2.05) is 71.6 Å². The Morgan fingerprint density at radius 1 is 0.963 bits per heavy atom. The third-order valence-electron chi connectivity index (χ3n) is 5.04. The van der Waals surface area contributed by atoms with E-state index in [2.05, 4.69) is 0 Å². The average molecular weight is 378 g/mol. The molecule has 0 bridgehead atoms. The van der Waals surface area contributed by atoms with Crippen LogP contribution in [0.5, 0.6) is 11.5 Å². The minimum atomic E-state index is -0.344. The lowest BCUT2D eigenvalue weighted by molar-refractivity contribution is -0.118. The predicted molar refractivity (Wildman–Crippen MR) is 103 cm³/mol. The quantitative estimate of drug-likeness (QED) is 0.661. The van der Waals surface area contributed by atoms with Crippen molar-refractivity contribution < 1.29 is 14.3 Å². The molecule has 5 rings (SSSR count). The van der Waals surface area contributed by atoms with Gasteiger partial charge in [0, 0.05) is 10.7 Å². The van der Waals surface area contributed by atoms with Crippen molar-refractivity contribution in [2.45, 2.75) is 12.5 Å². The molecule has 3 aromatic rings. The van der Waals surface area contributed by atoms with Crippen molar-refractivity contribution in [1.82, 2.24) is 0 Å². The predicted octanol–water partition coefficient (Wildman–Crippen LogP) is 4.75. The van der Waals surface area contributed by atoms with E-state index >= 15 is 0 Å². The third-order valence-corrected chi connectivity index (χ3v) is 5.29. The summed E-state index contributed by atoms with van der Waals surface area (Å²) in [5, 5.41) is 0.685. The van der Waals surface area contributed by atoms with Gasteiger partial charge in [-0.15, -0.1) is 0 Å². The maximum Gasteiger partial charge on any atom is 0.239 e. The molecule has 1 atom stereocenters. The number of carbonyl (C=O) groups is 1. The van der Waals surface area contributed by atoms with Crippen LogP contribution in [0.1, 0.15) is 22.6 Å². The van der Waals surface area contributed by atoms with Crippen LogP contribution >= 0.6 is 11.6 Å². The molecule has 0 spiro atoms. The number of nitrogens with zero attached hydrogens (tertiary/aromatic N) is 1. The number of hydrogen-bond donors (Lipinski definition) is 0. The molecule has 2 aliphatic rings. The summed E-state index contributed by atoms with van der Waals surface area (Å²) in [5.74, 6) is 1.12. The van der Waals surface area contributed by atoms with Crippen molar-refractivity contribution in [2.75, 3.05) is 11.7 Å². The fraction of sp³-hybridized carbons (Fsp3) is 0.136. The lowest BCUT2D eigenvalue weighted by Gasteiger charge is -2.18. The minimum Gasteiger partial charge on any atom is -0.454 e. The Morgan fingerprint density at radius 2 is 1.74 bits per heavy atom. The zero-order valence-electron chi connectivity index (χ0n) is 14.4. The summed E-state index contributed by atoms with van der Waals surface area (Å²) in [6.45, 7) is 0.727. The standard InChI is InChI=1S/C22H16ClNO3/c23-16-8-5-14(6-9-16)12-24-18-4-2-1-3-17(18)21(22(24)25)15-7-10-19-20(11-15)27-13-26-19/h1-11,21H,12-13H2. The highest BCUT2D eigenvalue weighted by atomic mass is 35.5. The molecule has 0 aromatic heterocycles. The largest absolute Gasteiger partial charge is 0.454 e. The minimum absolute atomic E-state index is 0.0602. The lowest BCUT2D eigenvalue weighted by Crippen LogP contribution is -2.28. The van der Waals surface area contributed by atoms with Crippen LogP contribution in [-0.2, 0) is 11.3 Å². The van der Waals surface area contributed by atoms with Gasteiger partial charge in [-0.3, -0.25) is 4.79 Å². The van der Waals surface area contributed by atoms with Crippen molar-refractivity contribution in [3.05, 3.63) is 88.4 Å². The fourth-order valence-corrected chi connectivity index (χ4v) is 3.86. The topological polar surface area (TPSA) is 38.8 Å². The second kappa shape index (κ2) is 6.32. The van der Waals surface area contributed by atoms with Gasteiger partial charge >= 0.3 is 0 Å². The van der Waals surface area contributed by atoms with E-state index < -0.39 is 0 Å². The second-order valence-corrected chi connectivity index (χ2v) is 7.09. The molecule has 0 N–H and O–H groups in total. The Bertz CT molecular complexity index is 1030. The number of para-hydroxylation sites is 1. The van der Waals surface area contributed by atoms with Crippen LogP contribution in [0, 0.1) is 0 Å². The molecule has 2 aliphatic heterocycles. The van der Waals surface area contributed by atoms with E-state index in [1.54, 1.807) is 0 Å². The van der Waals surface area contributed by atoms with Crippen LogP contribution in [0.2, 0.25) is 5.02 Å². The number of hydrogen-bond acceptors (Lipinski definition) is 3. The van der Waals surface area contributed by atoms with Crippen LogP contribution in [0.3, 0.4) is 0 Å². The van der Waals surface area contributed by atoms with Crippen LogP contribution in [0.4, 0.5) is 5.69 Å². The fourth-order valence-electron chi connectivity index (χ4n) is 3.74. The lowest BCUT2D eigenvalue weighted by atomic mass is 9.92. The molecule has 0 radical (unpaired) electrons. The van der Waals surface area contributed by atoms with Gasteiger partial charge < -0.3 is 14.4 Å². The Kier molecular flexibility index (Phi) is 3.80. The summed E-state index contributed by atoms with van der Waals surface area (Å²) in [5.41, 5.74) is 3.90. The molecule has 134 valence electrons. The Labute approximate surface area is 161 Å². The van der Waals surface area contributed by atoms with Gasteiger partial charge in [-0.25, -0.2) is 0 Å². The van der Waals surface area contributed by atoms with E-state index in [0.717, 1.165) is 28.1 Å². The molecular formula is C22H16ClNO3. The number of amides is 1. The zero-order valence-corrected chi connectivity index (χ0v) is 15.1. The van der Waals surface area contributed by atoms with Gasteiger partial charge in [0.1, 0.15) is 0 Å². The molecule has 1 unspecified atom stereocenters. The van der Waals surface area contributed by atoms with Crippen LogP contribution in [-0.4, -0.2) is 12.7 Å². The Balaban J connectivity index is 1.54. The molecule has 4 nitrogen and oxygen atoms in total. The highest BCUT2D eigenvalue weighted by Gasteiger charge is 2.38. The molecule has 0 aliphatic carbocycles. The SMILES string of the molecule is O=C1C(c2ccc3c(c2)OCO3)c2ccccc2N1Cc1ccc(Cl)cc1. The van der Waals surface area contributed by atoms with Gasteiger partial charge in [-0.2, -0.15) is 0 Å². The molecule has 5 heteroatoms. The van der Waals surface area contributed by atoms with E-state index in [0.29, 0.717) is 17.3 Å². The summed E-state index contributed by atoms with van der Waals surface area (Å²) in [4.78, 5) is 15.2. The van der Waals surface area contributed by atoms with E-state index in [-0.39, 0.29) is 18.6 Å². The number of ether oxygens (including phenoxy) is 2. The van der Waals surface area contributed by atoms with Crippen molar-refractivity contribution in [3.8, 4) is 11.5 Å². The highest BCUT2D eigenvalue weighted by molar-refractivity contribution is 6.30. The van der Waals surface area contributed by atoms with Gasteiger partial charge in [0.05, 0.1) is 12.5 Å². The first-order valence-electron chi connectivity index (χ1n) is 8.75. The molecule has 27 heavy (non-hydrogen) atoms. The van der Waals surface area contributed by atoms with Crippen LogP contribution in [0.25, 0.3) is 0 Å². The number of carbonyl (C=O) groups excluding carboxylic acids is 1. The summed E-state index contributed by atoms with van der Waals surface area (Å²) < 4.78 is 10.9. The smallest absolute Gasteiger partial charge is 0.239 e. The molecular weight excluding hydrogens is 362 g/mol. The zero-order chi connectivity index (χ0) is 18.4. The number of halogens is 1. The second-order valence-electron chi connectivity index (χ2n) is 6.66. The average Bonchev–Trinajstić information content (AvgIpc) is 3.26. The Morgan fingerprint density at radius 3 is 2.59 bits per heavy atom. The summed E-state index contributed by atoms with van der Waals surface area (Å²) in [6, 6.07) is 21.3. The monoisotopic (exact) mass is 377 g/mol. The molecule has 0 fully saturated rings. The summed E-state index contributed by atoms with van der Waals surface area (Å²) in [6.07, 6.45) is 0. The van der Waals surface area contributed by atoms with E-state index in [1.165, 1.54) is 0 Å². The van der Waals surface area contributed by atoms with Crippen molar-refractivity contribution >= 4 is 23.2 Å². The van der Waals surface area contributed by atoms with Crippen molar-refractivity contribution in [3.63, 3.8) is 0 Å². The molecule has 0 saturated carbocycles. The first-order chi connectivity index (χ1) is 13.2. The molecule has 0 saturated heterocycles. The number of anilines is 1. The maximum absolute atomic E-state index is 13.4. The third kappa shape index (κ3) is 2.73. The van der Waals surface area contributed by atoms with Gasteiger partial charge in [-0.1, -0.05) is 48.0 Å². The number of fused-ring (bicyclic) bond motifs is 2. The van der Waals surface area contributed by atoms with E-state index in [4.69, 9.17) is 21.1 Å². The number of rotatable bonds is 3.